The van der Waals surface area contributed by atoms with E-state index in [-0.39, 0.29) is 5.91 Å². The highest BCUT2D eigenvalue weighted by Crippen LogP contribution is 2.23. The third kappa shape index (κ3) is 3.67. The van der Waals surface area contributed by atoms with Crippen molar-refractivity contribution in [3.05, 3.63) is 39.4 Å². The van der Waals surface area contributed by atoms with Crippen LogP contribution in [0.3, 0.4) is 0 Å². The summed E-state index contributed by atoms with van der Waals surface area (Å²) in [4.78, 5) is 15.5. The maximum Gasteiger partial charge on any atom is 0.226 e. The van der Waals surface area contributed by atoms with Crippen molar-refractivity contribution in [2.45, 2.75) is 13.0 Å². The van der Waals surface area contributed by atoms with E-state index < -0.39 is 0 Å². The number of aromatic nitrogens is 3. The number of hydrogen-bond acceptors (Lipinski definition) is 3. The number of carbonyl (C=O) groups excluding carboxylic acids is 1. The molecule has 1 N–H and O–H groups in total. The first kappa shape index (κ1) is 13.3. The second kappa shape index (κ2) is 6.14. The SMILES string of the molecule is O=C(CCn1cncn1)Nc1cc(I)ccc1Cl. The van der Waals surface area contributed by atoms with Gasteiger partial charge in [0.05, 0.1) is 17.3 Å². The number of benzene rings is 1. The second-order valence-corrected chi connectivity index (χ2v) is 5.23. The monoisotopic (exact) mass is 376 g/mol. The molecule has 0 saturated carbocycles. The summed E-state index contributed by atoms with van der Waals surface area (Å²) in [7, 11) is 0. The van der Waals surface area contributed by atoms with Crippen LogP contribution in [0, 0.1) is 3.57 Å². The van der Waals surface area contributed by atoms with Crippen molar-refractivity contribution >= 4 is 45.8 Å². The Balaban J connectivity index is 1.92. The van der Waals surface area contributed by atoms with Crippen LogP contribution in [0.4, 0.5) is 5.69 Å². The van der Waals surface area contributed by atoms with Crippen LogP contribution in [0.25, 0.3) is 0 Å². The fraction of sp³-hybridized carbons (Fsp3) is 0.182. The zero-order valence-electron chi connectivity index (χ0n) is 9.31. The molecule has 7 heteroatoms. The molecule has 0 aliphatic rings. The molecular weight excluding hydrogens is 367 g/mol. The number of carbonyl (C=O) groups is 1. The van der Waals surface area contributed by atoms with Crippen LogP contribution >= 0.6 is 34.2 Å². The molecule has 1 amide bonds. The number of aryl methyl sites for hydroxylation is 1. The lowest BCUT2D eigenvalue weighted by molar-refractivity contribution is -0.116. The van der Waals surface area contributed by atoms with E-state index in [4.69, 9.17) is 11.6 Å². The molecule has 0 saturated heterocycles. The Kier molecular flexibility index (Phi) is 4.54. The van der Waals surface area contributed by atoms with Crippen molar-refractivity contribution in [2.24, 2.45) is 0 Å². The minimum Gasteiger partial charge on any atom is -0.325 e. The fourth-order valence-corrected chi connectivity index (χ4v) is 2.03. The number of nitrogens with one attached hydrogen (secondary N) is 1. The summed E-state index contributed by atoms with van der Waals surface area (Å²) in [6.45, 7) is 0.493. The maximum absolute atomic E-state index is 11.7. The largest absolute Gasteiger partial charge is 0.325 e. The molecular formula is C11H10ClIN4O. The predicted octanol–water partition coefficient (Wildman–Crippen LogP) is 2.56. The Morgan fingerprint density at radius 2 is 2.33 bits per heavy atom. The lowest BCUT2D eigenvalue weighted by Crippen LogP contribution is -2.15. The summed E-state index contributed by atoms with van der Waals surface area (Å²) in [5.74, 6) is -0.102. The molecule has 0 fully saturated rings. The zero-order chi connectivity index (χ0) is 13.0. The Bertz CT molecular complexity index is 544. The highest BCUT2D eigenvalue weighted by atomic mass is 127. The molecule has 2 rings (SSSR count). The number of nitrogens with zero attached hydrogens (tertiary/aromatic N) is 3. The first-order valence-electron chi connectivity index (χ1n) is 5.22. The van der Waals surface area contributed by atoms with Gasteiger partial charge in [0.1, 0.15) is 12.7 Å². The van der Waals surface area contributed by atoms with Gasteiger partial charge in [0, 0.05) is 9.99 Å². The molecule has 2 aromatic rings. The average Bonchev–Trinajstić information content (AvgIpc) is 2.84. The lowest BCUT2D eigenvalue weighted by atomic mass is 10.3. The fourth-order valence-electron chi connectivity index (χ4n) is 1.37. The topological polar surface area (TPSA) is 59.8 Å². The molecule has 0 bridgehead atoms. The smallest absolute Gasteiger partial charge is 0.226 e. The summed E-state index contributed by atoms with van der Waals surface area (Å²) < 4.78 is 2.62. The van der Waals surface area contributed by atoms with E-state index in [0.717, 1.165) is 3.57 Å². The molecule has 0 unspecified atom stereocenters. The van der Waals surface area contributed by atoms with Gasteiger partial charge >= 0.3 is 0 Å². The number of amides is 1. The molecule has 1 heterocycles. The third-order valence-corrected chi connectivity index (χ3v) is 3.24. The molecule has 94 valence electrons. The van der Waals surface area contributed by atoms with Gasteiger partial charge in [-0.25, -0.2) is 4.98 Å². The highest BCUT2D eigenvalue weighted by molar-refractivity contribution is 14.1. The molecule has 0 spiro atoms. The van der Waals surface area contributed by atoms with Gasteiger partial charge in [-0.15, -0.1) is 0 Å². The van der Waals surface area contributed by atoms with Gasteiger partial charge in [-0.3, -0.25) is 9.48 Å². The van der Waals surface area contributed by atoms with E-state index in [9.17, 15) is 4.79 Å². The number of rotatable bonds is 4. The molecule has 0 atom stereocenters. The molecule has 0 aliphatic carbocycles. The summed E-state index contributed by atoms with van der Waals surface area (Å²) >= 11 is 8.16. The van der Waals surface area contributed by atoms with Crippen LogP contribution in [-0.4, -0.2) is 20.7 Å². The Morgan fingerprint density at radius 3 is 3.06 bits per heavy atom. The van der Waals surface area contributed by atoms with Gasteiger partial charge in [-0.05, 0) is 40.8 Å². The summed E-state index contributed by atoms with van der Waals surface area (Å²) in [6, 6.07) is 5.47. The van der Waals surface area contributed by atoms with Crippen LogP contribution in [0.2, 0.25) is 5.02 Å². The predicted molar refractivity (Wildman–Crippen MR) is 77.4 cm³/mol. The lowest BCUT2D eigenvalue weighted by Gasteiger charge is -2.07. The van der Waals surface area contributed by atoms with E-state index in [1.165, 1.54) is 6.33 Å². The van der Waals surface area contributed by atoms with Crippen molar-refractivity contribution in [1.82, 2.24) is 14.8 Å². The van der Waals surface area contributed by atoms with E-state index in [1.807, 2.05) is 12.1 Å². The van der Waals surface area contributed by atoms with Crippen LogP contribution in [0.1, 0.15) is 6.42 Å². The van der Waals surface area contributed by atoms with Crippen LogP contribution < -0.4 is 5.32 Å². The van der Waals surface area contributed by atoms with E-state index in [2.05, 4.69) is 38.0 Å². The minimum atomic E-state index is -0.102. The Morgan fingerprint density at radius 1 is 1.50 bits per heavy atom. The molecule has 1 aromatic carbocycles. The van der Waals surface area contributed by atoms with Gasteiger partial charge in [0.2, 0.25) is 5.91 Å². The zero-order valence-corrected chi connectivity index (χ0v) is 12.2. The second-order valence-electron chi connectivity index (χ2n) is 3.58. The van der Waals surface area contributed by atoms with Crippen molar-refractivity contribution in [2.75, 3.05) is 5.32 Å². The van der Waals surface area contributed by atoms with E-state index in [0.29, 0.717) is 23.7 Å². The van der Waals surface area contributed by atoms with Crippen molar-refractivity contribution in [1.29, 1.82) is 0 Å². The highest BCUT2D eigenvalue weighted by Gasteiger charge is 2.06. The van der Waals surface area contributed by atoms with Gasteiger partial charge in [-0.2, -0.15) is 5.10 Å². The summed E-state index contributed by atoms with van der Waals surface area (Å²) in [5, 5.41) is 7.23. The minimum absolute atomic E-state index is 0.102. The van der Waals surface area contributed by atoms with Gasteiger partial charge in [0.25, 0.3) is 0 Å². The summed E-state index contributed by atoms with van der Waals surface area (Å²) in [6.07, 6.45) is 3.34. The van der Waals surface area contributed by atoms with Gasteiger partial charge in [0.15, 0.2) is 0 Å². The number of anilines is 1. The van der Waals surface area contributed by atoms with Crippen LogP contribution in [-0.2, 0) is 11.3 Å². The van der Waals surface area contributed by atoms with Gasteiger partial charge < -0.3 is 5.32 Å². The van der Waals surface area contributed by atoms with Crippen LogP contribution in [0.15, 0.2) is 30.9 Å². The Labute approximate surface area is 123 Å². The first-order valence-corrected chi connectivity index (χ1v) is 6.68. The van der Waals surface area contributed by atoms with E-state index >= 15 is 0 Å². The third-order valence-electron chi connectivity index (χ3n) is 2.24. The first-order chi connectivity index (χ1) is 8.65. The molecule has 18 heavy (non-hydrogen) atoms. The molecule has 0 radical (unpaired) electrons. The van der Waals surface area contributed by atoms with Crippen molar-refractivity contribution in [3.63, 3.8) is 0 Å². The average molecular weight is 377 g/mol. The molecule has 5 nitrogen and oxygen atoms in total. The van der Waals surface area contributed by atoms with Gasteiger partial charge in [-0.1, -0.05) is 11.6 Å². The maximum atomic E-state index is 11.7. The quantitative estimate of drug-likeness (QED) is 0.834. The number of hydrogen-bond donors (Lipinski definition) is 1. The van der Waals surface area contributed by atoms with Crippen LogP contribution in [0.5, 0.6) is 0 Å². The molecule has 1 aromatic heterocycles. The summed E-state index contributed by atoms with van der Waals surface area (Å²) in [5.41, 5.74) is 0.632. The van der Waals surface area contributed by atoms with E-state index in [1.54, 1.807) is 17.1 Å². The standard InChI is InChI=1S/C11H10ClIN4O/c12-9-2-1-8(13)5-10(9)16-11(18)3-4-17-7-14-6-15-17/h1-2,5-7H,3-4H2,(H,16,18). The number of halogens is 2. The Hall–Kier alpha value is -1.15. The molecule has 0 aliphatic heterocycles. The van der Waals surface area contributed by atoms with Crippen molar-refractivity contribution < 1.29 is 4.79 Å². The van der Waals surface area contributed by atoms with Crippen molar-refractivity contribution in [3.8, 4) is 0 Å². The normalized spacial score (nSPS) is 10.3.